The molecule has 1 aromatic heterocycles. The van der Waals surface area contributed by atoms with Crippen LogP contribution >= 0.6 is 11.6 Å². The topological polar surface area (TPSA) is 99.9 Å². The first-order valence-corrected chi connectivity index (χ1v) is 8.79. The largest absolute Gasteiger partial charge is 0.322 e. The molecule has 28 heavy (non-hydrogen) atoms. The number of aromatic nitrogens is 2. The van der Waals surface area contributed by atoms with Crippen LogP contribution in [0.5, 0.6) is 0 Å². The smallest absolute Gasteiger partial charge is 0.261 e. The molecule has 3 rings (SSSR count). The number of carbonyl (C=O) groups is 2. The van der Waals surface area contributed by atoms with Gasteiger partial charge in [-0.1, -0.05) is 23.7 Å². The first kappa shape index (κ1) is 19.3. The highest BCUT2D eigenvalue weighted by molar-refractivity contribution is 6.30. The number of hydrogen-bond donors (Lipinski definition) is 3. The summed E-state index contributed by atoms with van der Waals surface area (Å²) < 4.78 is 1.42. The summed E-state index contributed by atoms with van der Waals surface area (Å²) in [5.74, 6) is -0.498. The number of hydrogen-bond acceptors (Lipinski definition) is 4. The molecule has 0 aliphatic heterocycles. The van der Waals surface area contributed by atoms with Crippen LogP contribution in [-0.4, -0.2) is 27.3 Å². The lowest BCUT2D eigenvalue weighted by Crippen LogP contribution is -2.19. The minimum atomic E-state index is -0.402. The monoisotopic (exact) mass is 395 g/mol. The Balaban J connectivity index is 1.78. The SMILES string of the molecule is CC(=N)c1ccc(C(=O)Nc2c(C(=O)Nc3ccc(Cl)cc3)cnn2C)cc1. The van der Waals surface area contributed by atoms with Crippen LogP contribution in [0.1, 0.15) is 33.2 Å². The number of rotatable bonds is 5. The predicted molar refractivity (Wildman–Crippen MR) is 110 cm³/mol. The van der Waals surface area contributed by atoms with E-state index in [4.69, 9.17) is 17.0 Å². The lowest BCUT2D eigenvalue weighted by atomic mass is 10.1. The number of anilines is 2. The predicted octanol–water partition coefficient (Wildman–Crippen LogP) is 3.97. The van der Waals surface area contributed by atoms with Gasteiger partial charge in [-0.05, 0) is 48.9 Å². The standard InChI is InChI=1S/C20H18ClN5O2/c1-12(22)13-3-5-14(6-4-13)19(27)25-18-17(11-23-26(18)2)20(28)24-16-9-7-15(21)8-10-16/h3-11,22H,1-2H3,(H,24,28)(H,25,27). The minimum Gasteiger partial charge on any atom is -0.322 e. The number of halogens is 1. The van der Waals surface area contributed by atoms with E-state index in [9.17, 15) is 9.59 Å². The average molecular weight is 396 g/mol. The summed E-state index contributed by atoms with van der Waals surface area (Å²) in [5, 5.41) is 17.7. The van der Waals surface area contributed by atoms with Crippen molar-refractivity contribution in [2.24, 2.45) is 7.05 Å². The first-order chi connectivity index (χ1) is 13.3. The summed E-state index contributed by atoms with van der Waals surface area (Å²) >= 11 is 5.85. The summed E-state index contributed by atoms with van der Waals surface area (Å²) in [5.41, 5.74) is 2.38. The van der Waals surface area contributed by atoms with Crippen LogP contribution in [-0.2, 0) is 7.05 Å². The molecule has 0 aliphatic carbocycles. The fourth-order valence-electron chi connectivity index (χ4n) is 2.53. The van der Waals surface area contributed by atoms with Gasteiger partial charge in [0, 0.05) is 29.0 Å². The quantitative estimate of drug-likeness (QED) is 0.570. The lowest BCUT2D eigenvalue weighted by molar-refractivity contribution is 0.102. The van der Waals surface area contributed by atoms with Crippen LogP contribution in [0.25, 0.3) is 0 Å². The first-order valence-electron chi connectivity index (χ1n) is 8.41. The fraction of sp³-hybridized carbons (Fsp3) is 0.100. The number of aryl methyl sites for hydroxylation is 1. The van der Waals surface area contributed by atoms with E-state index in [-0.39, 0.29) is 17.3 Å². The van der Waals surface area contributed by atoms with Gasteiger partial charge < -0.3 is 16.0 Å². The van der Waals surface area contributed by atoms with Gasteiger partial charge in [0.05, 0.1) is 6.20 Å². The van der Waals surface area contributed by atoms with Crippen molar-refractivity contribution in [1.29, 1.82) is 5.41 Å². The highest BCUT2D eigenvalue weighted by atomic mass is 35.5. The second kappa shape index (κ2) is 8.06. The Morgan fingerprint density at radius 3 is 2.18 bits per heavy atom. The van der Waals surface area contributed by atoms with Crippen molar-refractivity contribution in [1.82, 2.24) is 9.78 Å². The lowest BCUT2D eigenvalue weighted by Gasteiger charge is -2.10. The average Bonchev–Trinajstić information content (AvgIpc) is 3.04. The molecule has 2 aromatic carbocycles. The van der Waals surface area contributed by atoms with Crippen LogP contribution in [0.2, 0.25) is 5.02 Å². The molecule has 0 bridgehead atoms. The maximum absolute atomic E-state index is 12.6. The summed E-state index contributed by atoms with van der Waals surface area (Å²) in [4.78, 5) is 25.2. The Hall–Kier alpha value is -3.45. The van der Waals surface area contributed by atoms with Gasteiger partial charge in [-0.15, -0.1) is 0 Å². The molecule has 8 heteroatoms. The number of nitrogens with zero attached hydrogens (tertiary/aromatic N) is 2. The number of amides is 2. The van der Waals surface area contributed by atoms with E-state index in [1.807, 2.05) is 0 Å². The van der Waals surface area contributed by atoms with Crippen LogP contribution in [0.15, 0.2) is 54.7 Å². The third kappa shape index (κ3) is 4.27. The van der Waals surface area contributed by atoms with Crippen LogP contribution in [0, 0.1) is 5.41 Å². The fourth-order valence-corrected chi connectivity index (χ4v) is 2.66. The van der Waals surface area contributed by atoms with Gasteiger partial charge in [-0.3, -0.25) is 14.3 Å². The Morgan fingerprint density at radius 1 is 0.964 bits per heavy atom. The van der Waals surface area contributed by atoms with Crippen LogP contribution in [0.3, 0.4) is 0 Å². The zero-order valence-electron chi connectivity index (χ0n) is 15.3. The maximum atomic E-state index is 12.6. The molecular formula is C20H18ClN5O2. The zero-order chi connectivity index (χ0) is 20.3. The van der Waals surface area contributed by atoms with Gasteiger partial charge in [0.25, 0.3) is 11.8 Å². The minimum absolute atomic E-state index is 0.234. The molecule has 0 saturated heterocycles. The Bertz CT molecular complexity index is 1040. The molecular weight excluding hydrogens is 378 g/mol. The van der Waals surface area contributed by atoms with Crippen molar-refractivity contribution in [3.8, 4) is 0 Å². The Kier molecular flexibility index (Phi) is 5.56. The van der Waals surface area contributed by atoms with E-state index >= 15 is 0 Å². The summed E-state index contributed by atoms with van der Waals surface area (Å²) in [6.45, 7) is 1.68. The molecule has 7 nitrogen and oxygen atoms in total. The number of nitrogens with one attached hydrogen (secondary N) is 3. The van der Waals surface area contributed by atoms with Crippen LogP contribution in [0.4, 0.5) is 11.5 Å². The van der Waals surface area contributed by atoms with Gasteiger partial charge in [0.15, 0.2) is 0 Å². The van der Waals surface area contributed by atoms with Crippen molar-refractivity contribution in [2.45, 2.75) is 6.92 Å². The van der Waals surface area contributed by atoms with Gasteiger partial charge >= 0.3 is 0 Å². The molecule has 0 saturated carbocycles. The van der Waals surface area contributed by atoms with E-state index in [1.54, 1.807) is 62.5 Å². The molecule has 3 aromatic rings. The second-order valence-corrected chi connectivity index (χ2v) is 6.58. The maximum Gasteiger partial charge on any atom is 0.261 e. The van der Waals surface area contributed by atoms with Gasteiger partial charge in [-0.2, -0.15) is 5.10 Å². The van der Waals surface area contributed by atoms with Crippen molar-refractivity contribution < 1.29 is 9.59 Å². The Labute approximate surface area is 166 Å². The van der Waals surface area contributed by atoms with E-state index < -0.39 is 5.91 Å². The number of carbonyl (C=O) groups excluding carboxylic acids is 2. The third-order valence-electron chi connectivity index (χ3n) is 4.10. The molecule has 1 heterocycles. The molecule has 0 atom stereocenters. The third-order valence-corrected chi connectivity index (χ3v) is 4.35. The molecule has 0 fully saturated rings. The highest BCUT2D eigenvalue weighted by Gasteiger charge is 2.19. The second-order valence-electron chi connectivity index (χ2n) is 6.15. The molecule has 0 radical (unpaired) electrons. The van der Waals surface area contributed by atoms with Crippen LogP contribution < -0.4 is 10.6 Å². The van der Waals surface area contributed by atoms with Gasteiger partial charge in [-0.25, -0.2) is 0 Å². The van der Waals surface area contributed by atoms with Gasteiger partial charge in [0.2, 0.25) is 0 Å². The van der Waals surface area contributed by atoms with Crippen molar-refractivity contribution in [2.75, 3.05) is 10.6 Å². The Morgan fingerprint density at radius 2 is 1.57 bits per heavy atom. The summed E-state index contributed by atoms with van der Waals surface area (Å²) in [6.07, 6.45) is 1.39. The van der Waals surface area contributed by atoms with E-state index in [0.29, 0.717) is 22.0 Å². The normalized spacial score (nSPS) is 10.4. The molecule has 142 valence electrons. The molecule has 0 unspecified atom stereocenters. The van der Waals surface area contributed by atoms with E-state index in [0.717, 1.165) is 5.56 Å². The highest BCUT2D eigenvalue weighted by Crippen LogP contribution is 2.19. The van der Waals surface area contributed by atoms with Crippen molar-refractivity contribution >= 4 is 40.6 Å². The summed E-state index contributed by atoms with van der Waals surface area (Å²) in [6, 6.07) is 13.4. The summed E-state index contributed by atoms with van der Waals surface area (Å²) in [7, 11) is 1.64. The van der Waals surface area contributed by atoms with Gasteiger partial charge in [0.1, 0.15) is 11.4 Å². The molecule has 3 N–H and O–H groups in total. The van der Waals surface area contributed by atoms with E-state index in [2.05, 4.69) is 15.7 Å². The molecule has 0 aliphatic rings. The van der Waals surface area contributed by atoms with E-state index in [1.165, 1.54) is 10.9 Å². The molecule has 2 amide bonds. The molecule has 0 spiro atoms. The van der Waals surface area contributed by atoms with Crippen molar-refractivity contribution in [3.05, 3.63) is 76.4 Å². The van der Waals surface area contributed by atoms with Crippen molar-refractivity contribution in [3.63, 3.8) is 0 Å². The zero-order valence-corrected chi connectivity index (χ0v) is 16.0. The number of benzene rings is 2.